The van der Waals surface area contributed by atoms with Crippen molar-refractivity contribution in [1.82, 2.24) is 10.0 Å². The van der Waals surface area contributed by atoms with Gasteiger partial charge in [-0.25, -0.2) is 0 Å². The first-order chi connectivity index (χ1) is 15.7. The van der Waals surface area contributed by atoms with Gasteiger partial charge in [-0.1, -0.05) is 0 Å². The Morgan fingerprint density at radius 1 is 0.853 bits per heavy atom. The molecule has 2 fully saturated rings. The van der Waals surface area contributed by atoms with Crippen molar-refractivity contribution >= 4 is 16.2 Å². The Hall–Kier alpha value is -0.980. The average Bonchev–Trinajstić information content (AvgIpc) is 3.15. The van der Waals surface area contributed by atoms with E-state index in [2.05, 4.69) is 14.2 Å². The quantitative estimate of drug-likeness (QED) is 0.175. The second kappa shape index (κ2) is 13.9. The third-order valence-electron chi connectivity index (χ3n) is 4.68. The van der Waals surface area contributed by atoms with Crippen molar-refractivity contribution in [2.75, 3.05) is 20.2 Å². The van der Waals surface area contributed by atoms with Crippen LogP contribution in [0.4, 0.5) is 0 Å². The van der Waals surface area contributed by atoms with E-state index in [1.165, 1.54) is 6.92 Å². The number of aliphatic hydroxyl groups excluding tert-OH is 4. The van der Waals surface area contributed by atoms with Gasteiger partial charge in [0.25, 0.3) is 0 Å². The van der Waals surface area contributed by atoms with Crippen LogP contribution in [0.25, 0.3) is 0 Å². The predicted molar refractivity (Wildman–Crippen MR) is 116 cm³/mol. The fraction of sp³-hybridized carbons (Fsp3) is 0.947. The van der Waals surface area contributed by atoms with E-state index in [0.717, 1.165) is 7.11 Å². The molecule has 0 bridgehead atoms. The molecule has 0 aliphatic carbocycles. The Labute approximate surface area is 199 Å². The van der Waals surface area contributed by atoms with Crippen molar-refractivity contribution in [2.45, 2.75) is 96.0 Å². The van der Waals surface area contributed by atoms with Crippen LogP contribution >= 0.6 is 0 Å². The first-order valence-corrected chi connectivity index (χ1v) is 12.2. The van der Waals surface area contributed by atoms with Crippen LogP contribution in [0, 0.1) is 0 Å². The molecule has 0 aromatic carbocycles. The number of rotatable bonds is 10. The van der Waals surface area contributed by atoms with E-state index in [1.54, 1.807) is 13.8 Å². The first-order valence-electron chi connectivity index (χ1n) is 10.8. The molecule has 34 heavy (non-hydrogen) atoms. The first kappa shape index (κ1) is 31.1. The molecule has 202 valence electrons. The van der Waals surface area contributed by atoms with Crippen molar-refractivity contribution in [3.8, 4) is 0 Å². The molecule has 2 aliphatic heterocycles. The summed E-state index contributed by atoms with van der Waals surface area (Å²) in [5.74, 6) is -0.210. The smallest absolute Gasteiger partial charge is 0.335 e. The Balaban J connectivity index is 0.000000342. The molecule has 2 heterocycles. The van der Waals surface area contributed by atoms with Crippen LogP contribution in [0.15, 0.2) is 0 Å². The molecular weight excluding hydrogens is 480 g/mol. The molecule has 2 aliphatic rings. The topological polar surface area (TPSA) is 202 Å². The van der Waals surface area contributed by atoms with E-state index in [9.17, 15) is 33.6 Å². The summed E-state index contributed by atoms with van der Waals surface area (Å²) in [5.41, 5.74) is 0. The largest absolute Gasteiger partial charge is 0.387 e. The number of amides is 1. The zero-order valence-corrected chi connectivity index (χ0v) is 21.0. The number of hydrogen-bond donors (Lipinski definition) is 6. The summed E-state index contributed by atoms with van der Waals surface area (Å²) in [6.45, 7) is 8.44. The SMILES string of the molecule is CC(=O)NC[C@H]1O[C@@H](OC(C)C)[C@H](O)[C@@H]1O.COS(=O)(=O)NC[C@H]1O[C@@H](OC(C)C)[C@H](O)[C@@H]1O. The zero-order valence-electron chi connectivity index (χ0n) is 20.2. The number of carbonyl (C=O) groups is 1. The molecule has 15 heteroatoms. The predicted octanol–water partition coefficient (Wildman–Crippen LogP) is -2.67. The van der Waals surface area contributed by atoms with E-state index < -0.39 is 59.5 Å². The molecule has 6 N–H and O–H groups in total. The van der Waals surface area contributed by atoms with Crippen LogP contribution < -0.4 is 10.0 Å². The summed E-state index contributed by atoms with van der Waals surface area (Å²) in [5, 5.41) is 41.1. The lowest BCUT2D eigenvalue weighted by atomic mass is 10.1. The summed E-state index contributed by atoms with van der Waals surface area (Å²) in [6, 6.07) is 0. The maximum Gasteiger partial charge on any atom is 0.335 e. The van der Waals surface area contributed by atoms with Crippen LogP contribution in [0.3, 0.4) is 0 Å². The van der Waals surface area contributed by atoms with Gasteiger partial charge in [0.05, 0.1) is 19.3 Å². The lowest BCUT2D eigenvalue weighted by Crippen LogP contribution is -2.40. The van der Waals surface area contributed by atoms with Crippen LogP contribution in [-0.4, -0.2) is 116 Å². The van der Waals surface area contributed by atoms with Crippen LogP contribution in [0.1, 0.15) is 34.6 Å². The van der Waals surface area contributed by atoms with Gasteiger partial charge in [-0.2, -0.15) is 13.1 Å². The highest BCUT2D eigenvalue weighted by Crippen LogP contribution is 2.24. The highest BCUT2D eigenvalue weighted by Gasteiger charge is 2.44. The van der Waals surface area contributed by atoms with E-state index in [4.69, 9.17) is 18.9 Å². The standard InChI is InChI=1S/C10H19NO5.C9H19NO7S/c1-5(2)15-10-9(14)8(13)7(16-10)4-11-6(3)12;1-5(2)16-9-8(12)7(11)6(17-9)4-10-18(13,14)15-3/h5,7-10,13-14H,4H2,1-3H3,(H,11,12);5-12H,4H2,1-3H3/t7-,8-,9-,10-;6-,7-,8-,9-/m11/s1. The van der Waals surface area contributed by atoms with E-state index in [-0.39, 0.29) is 31.2 Å². The molecule has 0 spiro atoms. The molecule has 0 aromatic rings. The van der Waals surface area contributed by atoms with Gasteiger partial charge in [-0.05, 0) is 27.7 Å². The highest BCUT2D eigenvalue weighted by atomic mass is 32.2. The molecule has 2 saturated heterocycles. The van der Waals surface area contributed by atoms with Gasteiger partial charge < -0.3 is 44.7 Å². The van der Waals surface area contributed by atoms with Crippen LogP contribution in [-0.2, 0) is 38.2 Å². The van der Waals surface area contributed by atoms with Crippen LogP contribution in [0.2, 0.25) is 0 Å². The lowest BCUT2D eigenvalue weighted by molar-refractivity contribution is -0.183. The van der Waals surface area contributed by atoms with Gasteiger partial charge in [0.1, 0.15) is 36.6 Å². The summed E-state index contributed by atoms with van der Waals surface area (Å²) in [4.78, 5) is 10.7. The van der Waals surface area contributed by atoms with Gasteiger partial charge in [0, 0.05) is 20.0 Å². The van der Waals surface area contributed by atoms with Gasteiger partial charge >= 0.3 is 10.3 Å². The fourth-order valence-electron chi connectivity index (χ4n) is 3.02. The molecule has 2 rings (SSSR count). The lowest BCUT2D eigenvalue weighted by Gasteiger charge is -2.17. The minimum absolute atomic E-state index is 0.105. The monoisotopic (exact) mass is 518 g/mol. The molecular formula is C19H38N2O12S. The Morgan fingerprint density at radius 2 is 1.26 bits per heavy atom. The average molecular weight is 519 g/mol. The molecule has 1 amide bonds. The maximum absolute atomic E-state index is 11.0. The van der Waals surface area contributed by atoms with Gasteiger partial charge in [-0.15, -0.1) is 0 Å². The second-order valence-electron chi connectivity index (χ2n) is 8.32. The van der Waals surface area contributed by atoms with Gasteiger partial charge in [0.15, 0.2) is 12.6 Å². The van der Waals surface area contributed by atoms with E-state index in [1.807, 2.05) is 13.8 Å². The minimum atomic E-state index is -3.85. The third kappa shape index (κ3) is 9.94. The number of hydrogen-bond acceptors (Lipinski definition) is 12. The second-order valence-corrected chi connectivity index (χ2v) is 9.85. The summed E-state index contributed by atoms with van der Waals surface area (Å²) in [7, 11) is -2.84. The summed E-state index contributed by atoms with van der Waals surface area (Å²) >= 11 is 0. The fourth-order valence-corrected chi connectivity index (χ4v) is 3.50. The Kier molecular flexibility index (Phi) is 12.7. The number of aliphatic hydroxyl groups is 4. The minimum Gasteiger partial charge on any atom is -0.387 e. The Bertz CT molecular complexity index is 722. The zero-order chi connectivity index (χ0) is 26.2. The van der Waals surface area contributed by atoms with Gasteiger partial charge in [-0.3, -0.25) is 8.98 Å². The summed E-state index contributed by atoms with van der Waals surface area (Å²) in [6.07, 6.45) is -8.21. The number of ether oxygens (including phenoxy) is 4. The third-order valence-corrected chi connectivity index (χ3v) is 5.64. The number of nitrogens with one attached hydrogen (secondary N) is 2. The normalized spacial score (nSPS) is 33.8. The molecule has 0 saturated carbocycles. The Morgan fingerprint density at radius 3 is 1.62 bits per heavy atom. The maximum atomic E-state index is 11.0. The van der Waals surface area contributed by atoms with Crippen molar-refractivity contribution in [2.24, 2.45) is 0 Å². The molecule has 8 atom stereocenters. The van der Waals surface area contributed by atoms with Crippen molar-refractivity contribution in [3.63, 3.8) is 0 Å². The van der Waals surface area contributed by atoms with Gasteiger partial charge in [0.2, 0.25) is 5.91 Å². The molecule has 0 unspecified atom stereocenters. The van der Waals surface area contributed by atoms with Crippen molar-refractivity contribution in [3.05, 3.63) is 0 Å². The molecule has 0 aromatic heterocycles. The molecule has 14 nitrogen and oxygen atoms in total. The van der Waals surface area contributed by atoms with E-state index >= 15 is 0 Å². The number of carbonyl (C=O) groups excluding carboxylic acids is 1. The highest BCUT2D eigenvalue weighted by molar-refractivity contribution is 7.84. The summed E-state index contributed by atoms with van der Waals surface area (Å²) < 4.78 is 49.4. The van der Waals surface area contributed by atoms with Crippen molar-refractivity contribution < 1.29 is 56.8 Å². The van der Waals surface area contributed by atoms with Crippen LogP contribution in [0.5, 0.6) is 0 Å². The molecule has 0 radical (unpaired) electrons. The van der Waals surface area contributed by atoms with E-state index in [0.29, 0.717) is 0 Å². The van der Waals surface area contributed by atoms with Crippen molar-refractivity contribution in [1.29, 1.82) is 0 Å².